The molecule has 1 nitrogen and oxygen atoms in total. The van der Waals surface area contributed by atoms with Gasteiger partial charge in [0.2, 0.25) is 0 Å². The lowest BCUT2D eigenvalue weighted by atomic mass is 9.89. The van der Waals surface area contributed by atoms with Gasteiger partial charge >= 0.3 is 0 Å². The first kappa shape index (κ1) is 22.1. The predicted molar refractivity (Wildman–Crippen MR) is 169 cm³/mol. The molecule has 0 aliphatic carbocycles. The molecule has 40 heavy (non-hydrogen) atoms. The molecule has 9 rings (SSSR count). The van der Waals surface area contributed by atoms with Crippen molar-refractivity contribution in [2.75, 3.05) is 0 Å². The summed E-state index contributed by atoms with van der Waals surface area (Å²) in [4.78, 5) is 2.64. The molecule has 0 saturated carbocycles. The predicted octanol–water partition coefficient (Wildman–Crippen LogP) is 11.4. The Balaban J connectivity index is 1.30. The van der Waals surface area contributed by atoms with Crippen LogP contribution in [0.5, 0.6) is 0 Å². The van der Waals surface area contributed by atoms with Gasteiger partial charge in [0.25, 0.3) is 0 Å². The van der Waals surface area contributed by atoms with Gasteiger partial charge in [-0.15, -0.1) is 0 Å². The quantitative estimate of drug-likeness (QED) is 0.222. The van der Waals surface area contributed by atoms with E-state index in [1.54, 1.807) is 0 Å². The molecule has 1 aliphatic rings. The Kier molecular flexibility index (Phi) is 4.61. The standard InChI is InChI=1S/C38H22OS/c1-2-12-27-23(8-1)18-20-33-37(27)38-29(15-7-16-32(38)39-33)28-13-4-3-11-26(28)25-19-21-34-31(22-25)30-14-5-9-24-10-6-17-35(40-34)36(24)30/h1-22H. The third-order valence-corrected chi connectivity index (χ3v) is 9.41. The summed E-state index contributed by atoms with van der Waals surface area (Å²) in [5.74, 6) is 0. The summed E-state index contributed by atoms with van der Waals surface area (Å²) in [5, 5.41) is 7.46. The molecule has 0 unspecified atom stereocenters. The monoisotopic (exact) mass is 526 g/mol. The second-order valence-corrected chi connectivity index (χ2v) is 11.5. The van der Waals surface area contributed by atoms with Gasteiger partial charge in [-0.05, 0) is 79.9 Å². The van der Waals surface area contributed by atoms with E-state index in [9.17, 15) is 0 Å². The summed E-state index contributed by atoms with van der Waals surface area (Å²) in [6.07, 6.45) is 0. The molecule has 8 aromatic rings. The zero-order chi connectivity index (χ0) is 26.2. The van der Waals surface area contributed by atoms with E-state index in [1.165, 1.54) is 75.5 Å². The van der Waals surface area contributed by atoms with Gasteiger partial charge < -0.3 is 4.42 Å². The second-order valence-electron chi connectivity index (χ2n) is 10.5. The fraction of sp³-hybridized carbons (Fsp3) is 0. The summed E-state index contributed by atoms with van der Waals surface area (Å²) < 4.78 is 6.41. The van der Waals surface area contributed by atoms with Crippen molar-refractivity contribution in [3.63, 3.8) is 0 Å². The molecule has 0 amide bonds. The molecular weight excluding hydrogens is 504 g/mol. The topological polar surface area (TPSA) is 13.1 Å². The molecule has 1 aliphatic heterocycles. The molecule has 2 heteroatoms. The third kappa shape index (κ3) is 3.11. The number of benzene rings is 7. The number of fused-ring (bicyclic) bond motifs is 7. The SMILES string of the molecule is c1ccc(-c2cccc3oc4ccc5ccccc5c4c23)c(-c2ccc3c(c2)-c2cccc4cccc(c24)S3)c1. The summed E-state index contributed by atoms with van der Waals surface area (Å²) in [6, 6.07) is 48.3. The van der Waals surface area contributed by atoms with Gasteiger partial charge in [-0.1, -0.05) is 115 Å². The van der Waals surface area contributed by atoms with Crippen LogP contribution in [0.3, 0.4) is 0 Å². The number of furan rings is 1. The zero-order valence-corrected chi connectivity index (χ0v) is 22.3. The highest BCUT2D eigenvalue weighted by Crippen LogP contribution is 2.49. The molecule has 0 spiro atoms. The largest absolute Gasteiger partial charge is 0.456 e. The van der Waals surface area contributed by atoms with Crippen LogP contribution in [0.4, 0.5) is 0 Å². The van der Waals surface area contributed by atoms with Gasteiger partial charge in [0.1, 0.15) is 11.2 Å². The van der Waals surface area contributed by atoms with E-state index in [-0.39, 0.29) is 0 Å². The van der Waals surface area contributed by atoms with Gasteiger partial charge in [0.05, 0.1) is 0 Å². The molecule has 186 valence electrons. The normalized spacial score (nSPS) is 12.4. The maximum Gasteiger partial charge on any atom is 0.136 e. The van der Waals surface area contributed by atoms with E-state index in [4.69, 9.17) is 4.42 Å². The highest BCUT2D eigenvalue weighted by molar-refractivity contribution is 7.99. The highest BCUT2D eigenvalue weighted by atomic mass is 32.2. The summed E-state index contributed by atoms with van der Waals surface area (Å²) >= 11 is 1.87. The van der Waals surface area contributed by atoms with Crippen LogP contribution in [-0.2, 0) is 0 Å². The Labute approximate surface area is 235 Å². The molecule has 0 atom stereocenters. The van der Waals surface area contributed by atoms with Gasteiger partial charge in [0, 0.05) is 25.9 Å². The van der Waals surface area contributed by atoms with Crippen LogP contribution in [0.2, 0.25) is 0 Å². The number of hydrogen-bond acceptors (Lipinski definition) is 2. The summed E-state index contributed by atoms with van der Waals surface area (Å²) in [7, 11) is 0. The molecule has 0 fully saturated rings. The van der Waals surface area contributed by atoms with Crippen molar-refractivity contribution in [3.05, 3.63) is 133 Å². The minimum atomic E-state index is 0.920. The fourth-order valence-electron chi connectivity index (χ4n) is 6.51. The molecular formula is C38H22OS. The van der Waals surface area contributed by atoms with E-state index in [2.05, 4.69) is 133 Å². The van der Waals surface area contributed by atoms with Gasteiger partial charge in [-0.3, -0.25) is 0 Å². The van der Waals surface area contributed by atoms with Crippen molar-refractivity contribution in [2.24, 2.45) is 0 Å². The molecule has 1 aromatic heterocycles. The van der Waals surface area contributed by atoms with Crippen LogP contribution in [-0.4, -0.2) is 0 Å². The first-order chi connectivity index (χ1) is 19.8. The van der Waals surface area contributed by atoms with E-state index in [0.717, 1.165) is 11.2 Å². The van der Waals surface area contributed by atoms with Crippen LogP contribution in [0, 0.1) is 0 Å². The Hall–Kier alpha value is -4.79. The lowest BCUT2D eigenvalue weighted by Gasteiger charge is -2.21. The lowest BCUT2D eigenvalue weighted by molar-refractivity contribution is 0.669. The minimum Gasteiger partial charge on any atom is -0.456 e. The molecule has 7 aromatic carbocycles. The van der Waals surface area contributed by atoms with E-state index in [0.29, 0.717) is 0 Å². The maximum atomic E-state index is 6.41. The van der Waals surface area contributed by atoms with E-state index < -0.39 is 0 Å². The van der Waals surface area contributed by atoms with Crippen molar-refractivity contribution < 1.29 is 4.42 Å². The van der Waals surface area contributed by atoms with Crippen LogP contribution >= 0.6 is 11.8 Å². The van der Waals surface area contributed by atoms with Crippen LogP contribution in [0.1, 0.15) is 0 Å². The Bertz CT molecular complexity index is 2300. The second kappa shape index (κ2) is 8.35. The van der Waals surface area contributed by atoms with Crippen molar-refractivity contribution >= 4 is 55.2 Å². The first-order valence-electron chi connectivity index (χ1n) is 13.6. The van der Waals surface area contributed by atoms with E-state index >= 15 is 0 Å². The van der Waals surface area contributed by atoms with Crippen LogP contribution in [0.15, 0.2) is 148 Å². The van der Waals surface area contributed by atoms with Crippen LogP contribution in [0.25, 0.3) is 76.9 Å². The fourth-order valence-corrected chi connectivity index (χ4v) is 7.64. The van der Waals surface area contributed by atoms with Gasteiger partial charge in [-0.25, -0.2) is 0 Å². The van der Waals surface area contributed by atoms with Crippen molar-refractivity contribution in [1.29, 1.82) is 0 Å². The summed E-state index contributed by atoms with van der Waals surface area (Å²) in [5.41, 5.74) is 9.33. The average molecular weight is 527 g/mol. The molecule has 0 bridgehead atoms. The Morgan fingerprint density at radius 3 is 2.02 bits per heavy atom. The van der Waals surface area contributed by atoms with Gasteiger partial charge in [0.15, 0.2) is 0 Å². The molecule has 0 N–H and O–H groups in total. The maximum absolute atomic E-state index is 6.41. The van der Waals surface area contributed by atoms with E-state index in [1.807, 2.05) is 11.8 Å². The Morgan fingerprint density at radius 2 is 1.10 bits per heavy atom. The number of hydrogen-bond donors (Lipinski definition) is 0. The molecule has 0 radical (unpaired) electrons. The minimum absolute atomic E-state index is 0.920. The zero-order valence-electron chi connectivity index (χ0n) is 21.5. The van der Waals surface area contributed by atoms with Crippen LogP contribution < -0.4 is 0 Å². The van der Waals surface area contributed by atoms with Crippen molar-refractivity contribution in [1.82, 2.24) is 0 Å². The third-order valence-electron chi connectivity index (χ3n) is 8.27. The molecule has 0 saturated heterocycles. The summed E-state index contributed by atoms with van der Waals surface area (Å²) in [6.45, 7) is 0. The Morgan fingerprint density at radius 1 is 0.400 bits per heavy atom. The highest BCUT2D eigenvalue weighted by Gasteiger charge is 2.21. The molecule has 2 heterocycles. The first-order valence-corrected chi connectivity index (χ1v) is 14.4. The lowest BCUT2D eigenvalue weighted by Crippen LogP contribution is -1.94. The average Bonchev–Trinajstić information content (AvgIpc) is 3.41. The van der Waals surface area contributed by atoms with Crippen molar-refractivity contribution in [3.8, 4) is 33.4 Å². The van der Waals surface area contributed by atoms with Gasteiger partial charge in [-0.2, -0.15) is 0 Å². The number of rotatable bonds is 2. The smallest absolute Gasteiger partial charge is 0.136 e. The van der Waals surface area contributed by atoms with Crippen molar-refractivity contribution in [2.45, 2.75) is 9.79 Å².